The van der Waals surface area contributed by atoms with E-state index >= 15 is 0 Å². The van der Waals surface area contributed by atoms with E-state index in [1.54, 1.807) is 42.5 Å². The molecule has 0 N–H and O–H groups in total. The van der Waals surface area contributed by atoms with Crippen molar-refractivity contribution >= 4 is 17.8 Å². The Morgan fingerprint density at radius 2 is 1.54 bits per heavy atom. The summed E-state index contributed by atoms with van der Waals surface area (Å²) in [4.78, 5) is 23.9. The van der Waals surface area contributed by atoms with Gasteiger partial charge in [-0.1, -0.05) is 6.07 Å². The molecule has 0 saturated carbocycles. The zero-order valence-electron chi connectivity index (χ0n) is 13.6. The van der Waals surface area contributed by atoms with Gasteiger partial charge in [-0.3, -0.25) is 4.79 Å². The topological polar surface area (TPSA) is 80.3 Å². The number of carbonyl (C=O) groups is 2. The normalized spacial score (nSPS) is 13.8. The highest BCUT2D eigenvalue weighted by atomic mass is 16.7. The van der Waals surface area contributed by atoms with Gasteiger partial charge in [-0.05, 0) is 42.0 Å². The van der Waals surface area contributed by atoms with Gasteiger partial charge in [-0.25, -0.2) is 4.79 Å². The Morgan fingerprint density at radius 1 is 0.885 bits per heavy atom. The molecule has 2 heterocycles. The highest BCUT2D eigenvalue weighted by Crippen LogP contribution is 2.33. The largest absolute Gasteiger partial charge is 0.454 e. The van der Waals surface area contributed by atoms with Gasteiger partial charge in [0.1, 0.15) is 0 Å². The zero-order valence-corrected chi connectivity index (χ0v) is 13.6. The number of esters is 1. The lowest BCUT2D eigenvalue weighted by atomic mass is 10.1. The van der Waals surface area contributed by atoms with E-state index in [9.17, 15) is 9.59 Å². The number of ketones is 1. The van der Waals surface area contributed by atoms with Crippen LogP contribution in [0, 0.1) is 0 Å². The number of ether oxygens (including phenoxy) is 5. The standard InChI is InChI=1S/C19H14O7/c20-14(13-3-5-16-18(8-13)26-11-24-16)9-22-19(21)6-2-12-1-4-15-17(7-12)25-10-23-15/h1-8H,9-11H2/b6-2+. The number of hydrogen-bond donors (Lipinski definition) is 0. The SMILES string of the molecule is O=C(/C=C/c1ccc2c(c1)OCO2)OCC(=O)c1ccc2c(c1)OCO2. The Morgan fingerprint density at radius 3 is 2.31 bits per heavy atom. The van der Waals surface area contributed by atoms with Crippen molar-refractivity contribution in [3.8, 4) is 23.0 Å². The van der Waals surface area contributed by atoms with Gasteiger partial charge in [0.05, 0.1) is 0 Å². The molecular formula is C19H14O7. The molecule has 0 fully saturated rings. The van der Waals surface area contributed by atoms with Gasteiger partial charge < -0.3 is 23.7 Å². The van der Waals surface area contributed by atoms with Crippen LogP contribution in [0.15, 0.2) is 42.5 Å². The summed E-state index contributed by atoms with van der Waals surface area (Å²) >= 11 is 0. The number of fused-ring (bicyclic) bond motifs is 2. The molecular weight excluding hydrogens is 340 g/mol. The fourth-order valence-corrected chi connectivity index (χ4v) is 2.52. The number of Topliss-reactive ketones (excluding diaryl/α,β-unsaturated/α-hetero) is 1. The first-order valence-electron chi connectivity index (χ1n) is 7.86. The van der Waals surface area contributed by atoms with Crippen LogP contribution >= 0.6 is 0 Å². The van der Waals surface area contributed by atoms with E-state index in [-0.39, 0.29) is 26.0 Å². The van der Waals surface area contributed by atoms with Crippen LogP contribution in [0.3, 0.4) is 0 Å². The van der Waals surface area contributed by atoms with Crippen LogP contribution in [0.4, 0.5) is 0 Å². The second-order valence-corrected chi connectivity index (χ2v) is 5.54. The maximum absolute atomic E-state index is 12.1. The van der Waals surface area contributed by atoms with Crippen molar-refractivity contribution in [1.82, 2.24) is 0 Å². The molecule has 0 saturated heterocycles. The van der Waals surface area contributed by atoms with E-state index in [0.29, 0.717) is 28.6 Å². The molecule has 2 aliphatic heterocycles. The van der Waals surface area contributed by atoms with Crippen molar-refractivity contribution in [3.63, 3.8) is 0 Å². The molecule has 0 bridgehead atoms. The lowest BCUT2D eigenvalue weighted by molar-refractivity contribution is -0.136. The average Bonchev–Trinajstić information content (AvgIpc) is 3.32. The minimum absolute atomic E-state index is 0.132. The minimum atomic E-state index is -0.614. The van der Waals surface area contributed by atoms with E-state index in [0.717, 1.165) is 5.56 Å². The second-order valence-electron chi connectivity index (χ2n) is 5.54. The Hall–Kier alpha value is -3.48. The van der Waals surface area contributed by atoms with Crippen LogP contribution in [-0.2, 0) is 9.53 Å². The highest BCUT2D eigenvalue weighted by Gasteiger charge is 2.17. The lowest BCUT2D eigenvalue weighted by Gasteiger charge is -2.03. The van der Waals surface area contributed by atoms with Crippen molar-refractivity contribution in [3.05, 3.63) is 53.6 Å². The predicted molar refractivity (Wildman–Crippen MR) is 89.5 cm³/mol. The van der Waals surface area contributed by atoms with Crippen LogP contribution in [-0.4, -0.2) is 31.9 Å². The van der Waals surface area contributed by atoms with Crippen LogP contribution in [0.1, 0.15) is 15.9 Å². The summed E-state index contributed by atoms with van der Waals surface area (Å²) < 4.78 is 25.9. The summed E-state index contributed by atoms with van der Waals surface area (Å²) in [6.07, 6.45) is 2.83. The van der Waals surface area contributed by atoms with Crippen LogP contribution in [0.2, 0.25) is 0 Å². The van der Waals surface area contributed by atoms with Crippen molar-refractivity contribution < 1.29 is 33.3 Å². The van der Waals surface area contributed by atoms with Gasteiger partial charge in [0.15, 0.2) is 35.4 Å². The first-order chi connectivity index (χ1) is 12.7. The molecule has 7 nitrogen and oxygen atoms in total. The fourth-order valence-electron chi connectivity index (χ4n) is 2.52. The number of benzene rings is 2. The monoisotopic (exact) mass is 354 g/mol. The van der Waals surface area contributed by atoms with Gasteiger partial charge >= 0.3 is 5.97 Å². The first-order valence-corrected chi connectivity index (χ1v) is 7.86. The number of rotatable bonds is 5. The van der Waals surface area contributed by atoms with Gasteiger partial charge in [0.25, 0.3) is 0 Å². The van der Waals surface area contributed by atoms with Gasteiger partial charge in [0.2, 0.25) is 13.6 Å². The lowest BCUT2D eigenvalue weighted by Crippen LogP contribution is -2.12. The third-order valence-electron chi connectivity index (χ3n) is 3.85. The van der Waals surface area contributed by atoms with E-state index in [1.807, 2.05) is 0 Å². The van der Waals surface area contributed by atoms with Crippen molar-refractivity contribution in [2.75, 3.05) is 20.2 Å². The Kier molecular flexibility index (Phi) is 4.18. The van der Waals surface area contributed by atoms with Crippen molar-refractivity contribution in [2.45, 2.75) is 0 Å². The summed E-state index contributed by atoms with van der Waals surface area (Å²) in [5.41, 5.74) is 1.15. The smallest absolute Gasteiger partial charge is 0.331 e. The number of hydrogen-bond acceptors (Lipinski definition) is 7. The summed E-state index contributed by atoms with van der Waals surface area (Å²) in [6.45, 7) is -0.0386. The Balaban J connectivity index is 1.33. The van der Waals surface area contributed by atoms with E-state index < -0.39 is 5.97 Å². The Bertz CT molecular complexity index is 901. The molecule has 0 atom stereocenters. The zero-order chi connectivity index (χ0) is 17.9. The van der Waals surface area contributed by atoms with Gasteiger partial charge in [0, 0.05) is 11.6 Å². The third kappa shape index (κ3) is 3.32. The van der Waals surface area contributed by atoms with Crippen molar-refractivity contribution in [1.29, 1.82) is 0 Å². The third-order valence-corrected chi connectivity index (χ3v) is 3.85. The maximum atomic E-state index is 12.1. The van der Waals surface area contributed by atoms with E-state index in [1.165, 1.54) is 6.08 Å². The molecule has 132 valence electrons. The van der Waals surface area contributed by atoms with Gasteiger partial charge in [-0.2, -0.15) is 0 Å². The Labute approximate surface area is 148 Å². The molecule has 2 aromatic rings. The molecule has 0 aliphatic carbocycles. The summed E-state index contributed by atoms with van der Waals surface area (Å²) in [5.74, 6) is 1.44. The molecule has 2 aliphatic rings. The number of carbonyl (C=O) groups excluding carboxylic acids is 2. The first kappa shape index (κ1) is 16.0. The summed E-state index contributed by atoms with van der Waals surface area (Å²) in [7, 11) is 0. The maximum Gasteiger partial charge on any atom is 0.331 e. The molecule has 26 heavy (non-hydrogen) atoms. The van der Waals surface area contributed by atoms with Crippen molar-refractivity contribution in [2.24, 2.45) is 0 Å². The van der Waals surface area contributed by atoms with E-state index in [2.05, 4.69) is 0 Å². The fraction of sp³-hybridized carbons (Fsp3) is 0.158. The molecule has 0 amide bonds. The molecule has 0 unspecified atom stereocenters. The molecule has 4 rings (SSSR count). The van der Waals surface area contributed by atoms with Gasteiger partial charge in [-0.15, -0.1) is 0 Å². The summed E-state index contributed by atoms with van der Waals surface area (Å²) in [6, 6.07) is 10.1. The molecule has 2 aromatic carbocycles. The molecule has 0 aromatic heterocycles. The molecule has 0 radical (unpaired) electrons. The van der Waals surface area contributed by atoms with Crippen LogP contribution in [0.25, 0.3) is 6.08 Å². The highest BCUT2D eigenvalue weighted by molar-refractivity contribution is 5.99. The molecule has 0 spiro atoms. The average molecular weight is 354 g/mol. The predicted octanol–water partition coefficient (Wildman–Crippen LogP) is 2.58. The quantitative estimate of drug-likeness (QED) is 0.464. The summed E-state index contributed by atoms with van der Waals surface area (Å²) in [5, 5.41) is 0. The van der Waals surface area contributed by atoms with Crippen LogP contribution < -0.4 is 18.9 Å². The minimum Gasteiger partial charge on any atom is -0.454 e. The van der Waals surface area contributed by atoms with E-state index in [4.69, 9.17) is 23.7 Å². The second kappa shape index (κ2) is 6.79. The van der Waals surface area contributed by atoms with Crippen LogP contribution in [0.5, 0.6) is 23.0 Å². The molecule has 7 heteroatoms.